The third-order valence-electron chi connectivity index (χ3n) is 5.81. The number of benzene rings is 2. The van der Waals surface area contributed by atoms with Crippen LogP contribution in [-0.4, -0.2) is 17.7 Å². The Balaban J connectivity index is 2.24. The number of aromatic hydroxyl groups is 1. The highest BCUT2D eigenvalue weighted by atomic mass is 35.5. The number of rotatable bonds is 11. The summed E-state index contributed by atoms with van der Waals surface area (Å²) in [5.41, 5.74) is 1.81. The molecule has 1 N–H and O–H groups in total. The van der Waals surface area contributed by atoms with Gasteiger partial charge in [0.2, 0.25) is 0 Å². The molecule has 0 spiro atoms. The number of ether oxygens (including phenoxy) is 1. The maximum Gasteiger partial charge on any atom is 0.311 e. The van der Waals surface area contributed by atoms with Crippen molar-refractivity contribution in [2.45, 2.75) is 71.6 Å². The molecule has 2 unspecified atom stereocenters. The lowest BCUT2D eigenvalue weighted by Gasteiger charge is -2.31. The number of halogens is 1. The Kier molecular flexibility index (Phi) is 9.23. The van der Waals surface area contributed by atoms with Crippen LogP contribution in [0.4, 0.5) is 0 Å². The molecular weight excluding hydrogens is 396 g/mol. The summed E-state index contributed by atoms with van der Waals surface area (Å²) < 4.78 is 5.54. The summed E-state index contributed by atoms with van der Waals surface area (Å²) in [5, 5.41) is 10.3. The topological polar surface area (TPSA) is 46.5 Å². The van der Waals surface area contributed by atoms with E-state index in [0.717, 1.165) is 25.7 Å². The van der Waals surface area contributed by atoms with Gasteiger partial charge in [0.1, 0.15) is 5.75 Å². The SMILES string of the molecule is CCCCOC(=O)C(C)(C)CC(CC(CC)c1ccc(O)cc1)c1ccc(Cl)cc1. The van der Waals surface area contributed by atoms with Crippen LogP contribution in [0.15, 0.2) is 48.5 Å². The van der Waals surface area contributed by atoms with E-state index in [9.17, 15) is 9.90 Å². The maximum atomic E-state index is 12.8. The first-order chi connectivity index (χ1) is 14.3. The van der Waals surface area contributed by atoms with Crippen molar-refractivity contribution in [2.75, 3.05) is 6.61 Å². The highest BCUT2D eigenvalue weighted by Crippen LogP contribution is 2.40. The van der Waals surface area contributed by atoms with Crippen LogP contribution in [-0.2, 0) is 9.53 Å². The van der Waals surface area contributed by atoms with Crippen LogP contribution < -0.4 is 0 Å². The molecule has 164 valence electrons. The smallest absolute Gasteiger partial charge is 0.311 e. The minimum atomic E-state index is -0.578. The third-order valence-corrected chi connectivity index (χ3v) is 6.06. The molecule has 2 rings (SSSR count). The average Bonchev–Trinajstić information content (AvgIpc) is 2.72. The first-order valence-electron chi connectivity index (χ1n) is 11.0. The van der Waals surface area contributed by atoms with Crippen LogP contribution in [0.1, 0.15) is 82.8 Å². The van der Waals surface area contributed by atoms with Gasteiger partial charge in [-0.15, -0.1) is 0 Å². The number of carbonyl (C=O) groups excluding carboxylic acids is 1. The van der Waals surface area contributed by atoms with Gasteiger partial charge in [-0.1, -0.05) is 56.1 Å². The van der Waals surface area contributed by atoms with Gasteiger partial charge < -0.3 is 9.84 Å². The number of phenolic OH excluding ortho intramolecular Hbond substituents is 1. The van der Waals surface area contributed by atoms with E-state index in [1.807, 2.05) is 38.1 Å². The lowest BCUT2D eigenvalue weighted by molar-refractivity contribution is -0.154. The fourth-order valence-electron chi connectivity index (χ4n) is 3.90. The number of esters is 1. The fourth-order valence-corrected chi connectivity index (χ4v) is 4.03. The van der Waals surface area contributed by atoms with Crippen LogP contribution in [0.2, 0.25) is 5.02 Å². The highest BCUT2D eigenvalue weighted by Gasteiger charge is 2.34. The lowest BCUT2D eigenvalue weighted by Crippen LogP contribution is -2.29. The zero-order valence-corrected chi connectivity index (χ0v) is 19.4. The molecule has 0 amide bonds. The summed E-state index contributed by atoms with van der Waals surface area (Å²) >= 11 is 6.12. The van der Waals surface area contributed by atoms with E-state index in [0.29, 0.717) is 24.0 Å². The number of carbonyl (C=O) groups is 1. The van der Waals surface area contributed by atoms with Gasteiger partial charge in [0, 0.05) is 5.02 Å². The summed E-state index contributed by atoms with van der Waals surface area (Å²) in [7, 11) is 0. The summed E-state index contributed by atoms with van der Waals surface area (Å²) in [6.45, 7) is 8.71. The summed E-state index contributed by atoms with van der Waals surface area (Å²) in [5.74, 6) is 0.666. The average molecular weight is 431 g/mol. The zero-order chi connectivity index (χ0) is 22.1. The monoisotopic (exact) mass is 430 g/mol. The molecule has 3 nitrogen and oxygen atoms in total. The molecule has 0 aliphatic heterocycles. The Morgan fingerprint density at radius 2 is 1.57 bits per heavy atom. The van der Waals surface area contributed by atoms with Gasteiger partial charge in [0.25, 0.3) is 0 Å². The summed E-state index contributed by atoms with van der Waals surface area (Å²) in [4.78, 5) is 12.8. The van der Waals surface area contributed by atoms with E-state index >= 15 is 0 Å². The second kappa shape index (κ2) is 11.4. The van der Waals surface area contributed by atoms with Gasteiger partial charge >= 0.3 is 5.97 Å². The molecule has 0 heterocycles. The lowest BCUT2D eigenvalue weighted by atomic mass is 9.74. The van der Waals surface area contributed by atoms with Crippen LogP contribution >= 0.6 is 11.6 Å². The molecule has 0 aromatic heterocycles. The van der Waals surface area contributed by atoms with Crippen molar-refractivity contribution in [1.29, 1.82) is 0 Å². The van der Waals surface area contributed by atoms with Gasteiger partial charge in [0.15, 0.2) is 0 Å². The molecule has 0 saturated heterocycles. The number of hydrogen-bond acceptors (Lipinski definition) is 3. The third kappa shape index (κ3) is 7.05. The fraction of sp³-hybridized carbons (Fsp3) is 0.500. The number of hydrogen-bond donors (Lipinski definition) is 1. The molecule has 0 aliphatic rings. The van der Waals surface area contributed by atoms with Crippen molar-refractivity contribution in [3.63, 3.8) is 0 Å². The van der Waals surface area contributed by atoms with Crippen molar-refractivity contribution in [3.8, 4) is 5.75 Å². The van der Waals surface area contributed by atoms with E-state index in [2.05, 4.69) is 26.0 Å². The number of phenols is 1. The molecule has 0 radical (unpaired) electrons. The van der Waals surface area contributed by atoms with Crippen molar-refractivity contribution >= 4 is 17.6 Å². The summed E-state index contributed by atoms with van der Waals surface area (Å²) in [6.07, 6.45) is 4.49. The molecule has 4 heteroatoms. The van der Waals surface area contributed by atoms with Crippen LogP contribution in [0.5, 0.6) is 5.75 Å². The van der Waals surface area contributed by atoms with Gasteiger partial charge in [-0.05, 0) is 86.8 Å². The molecular formula is C26H35ClO3. The predicted octanol–water partition coefficient (Wildman–Crippen LogP) is 7.47. The van der Waals surface area contributed by atoms with Gasteiger partial charge in [-0.3, -0.25) is 4.79 Å². The normalized spacial score (nSPS) is 13.6. The Hall–Kier alpha value is -2.00. The molecule has 0 fully saturated rings. The van der Waals surface area contributed by atoms with Crippen LogP contribution in [0.25, 0.3) is 0 Å². The number of unbranched alkanes of at least 4 members (excludes halogenated alkanes) is 1. The largest absolute Gasteiger partial charge is 0.508 e. The van der Waals surface area contributed by atoms with Gasteiger partial charge in [-0.2, -0.15) is 0 Å². The van der Waals surface area contributed by atoms with Crippen LogP contribution in [0.3, 0.4) is 0 Å². The minimum Gasteiger partial charge on any atom is -0.508 e. The van der Waals surface area contributed by atoms with E-state index in [1.165, 1.54) is 11.1 Å². The van der Waals surface area contributed by atoms with E-state index in [1.54, 1.807) is 12.1 Å². The summed E-state index contributed by atoms with van der Waals surface area (Å²) in [6, 6.07) is 15.4. The van der Waals surface area contributed by atoms with Crippen LogP contribution in [0, 0.1) is 5.41 Å². The van der Waals surface area contributed by atoms with Crippen molar-refractivity contribution in [3.05, 3.63) is 64.7 Å². The highest BCUT2D eigenvalue weighted by molar-refractivity contribution is 6.30. The van der Waals surface area contributed by atoms with Crippen molar-refractivity contribution < 1.29 is 14.6 Å². The van der Waals surface area contributed by atoms with E-state index in [-0.39, 0.29) is 17.6 Å². The molecule has 2 atom stereocenters. The first-order valence-corrected chi connectivity index (χ1v) is 11.4. The molecule has 0 saturated carbocycles. The van der Waals surface area contributed by atoms with E-state index < -0.39 is 5.41 Å². The quantitative estimate of drug-likeness (QED) is 0.297. The standard InChI is InChI=1S/C26H35ClO3/c1-5-7-16-30-25(29)26(3,4)18-22(21-8-12-23(27)13-9-21)17-19(6-2)20-10-14-24(28)15-11-20/h8-15,19,22,28H,5-7,16-18H2,1-4H3. The Morgan fingerprint density at radius 3 is 2.13 bits per heavy atom. The minimum absolute atomic E-state index is 0.132. The van der Waals surface area contributed by atoms with Crippen molar-refractivity contribution in [1.82, 2.24) is 0 Å². The second-order valence-electron chi connectivity index (χ2n) is 8.76. The Bertz CT molecular complexity index is 781. The molecule has 30 heavy (non-hydrogen) atoms. The van der Waals surface area contributed by atoms with Crippen molar-refractivity contribution in [2.24, 2.45) is 5.41 Å². The maximum absolute atomic E-state index is 12.8. The van der Waals surface area contributed by atoms with Gasteiger partial charge in [0.05, 0.1) is 12.0 Å². The molecule has 0 bridgehead atoms. The molecule has 0 aliphatic carbocycles. The molecule has 2 aromatic rings. The Morgan fingerprint density at radius 1 is 1.00 bits per heavy atom. The Labute approximate surface area is 186 Å². The zero-order valence-electron chi connectivity index (χ0n) is 18.7. The van der Waals surface area contributed by atoms with Gasteiger partial charge in [-0.25, -0.2) is 0 Å². The molecule has 2 aromatic carbocycles. The first kappa shape index (κ1) is 24.3. The van der Waals surface area contributed by atoms with E-state index in [4.69, 9.17) is 16.3 Å². The predicted molar refractivity (Wildman–Crippen MR) is 124 cm³/mol. The second-order valence-corrected chi connectivity index (χ2v) is 9.19.